The highest BCUT2D eigenvalue weighted by molar-refractivity contribution is 6.05. The van der Waals surface area contributed by atoms with Crippen molar-refractivity contribution >= 4 is 17.5 Å². The molecule has 2 heterocycles. The van der Waals surface area contributed by atoms with E-state index in [1.807, 2.05) is 36.1 Å². The molecule has 1 aromatic carbocycles. The Morgan fingerprint density at radius 1 is 1.17 bits per heavy atom. The van der Waals surface area contributed by atoms with E-state index in [1.54, 1.807) is 12.1 Å². The van der Waals surface area contributed by atoms with Crippen LogP contribution in [0.1, 0.15) is 46.2 Å². The Hall–Kier alpha value is -2.69. The van der Waals surface area contributed by atoms with Crippen molar-refractivity contribution in [2.75, 3.05) is 18.4 Å². The Morgan fingerprint density at radius 2 is 1.92 bits per heavy atom. The van der Waals surface area contributed by atoms with Crippen molar-refractivity contribution in [3.05, 3.63) is 59.4 Å². The number of rotatable bonds is 4. The zero-order valence-electron chi connectivity index (χ0n) is 13.8. The number of nitrogens with zero attached hydrogens (tertiary/aromatic N) is 2. The first-order valence-electron chi connectivity index (χ1n) is 8.33. The van der Waals surface area contributed by atoms with E-state index < -0.39 is 0 Å². The first-order chi connectivity index (χ1) is 11.7. The maximum Gasteiger partial charge on any atom is 0.274 e. The number of aromatic nitrogens is 1. The van der Waals surface area contributed by atoms with Crippen LogP contribution in [0.2, 0.25) is 0 Å². The Kier molecular flexibility index (Phi) is 4.89. The van der Waals surface area contributed by atoms with Gasteiger partial charge in [0, 0.05) is 30.5 Å². The minimum Gasteiger partial charge on any atom is -0.339 e. The van der Waals surface area contributed by atoms with Gasteiger partial charge in [-0.25, -0.2) is 0 Å². The van der Waals surface area contributed by atoms with Crippen LogP contribution in [-0.4, -0.2) is 34.8 Å². The van der Waals surface area contributed by atoms with E-state index >= 15 is 0 Å². The Labute approximate surface area is 141 Å². The van der Waals surface area contributed by atoms with Gasteiger partial charge in [-0.1, -0.05) is 25.1 Å². The van der Waals surface area contributed by atoms with Crippen molar-refractivity contribution in [1.82, 2.24) is 9.88 Å². The first-order valence-corrected chi connectivity index (χ1v) is 8.33. The normalized spacial score (nSPS) is 13.8. The summed E-state index contributed by atoms with van der Waals surface area (Å²) in [7, 11) is 0. The summed E-state index contributed by atoms with van der Waals surface area (Å²) in [6.45, 7) is 3.61. The summed E-state index contributed by atoms with van der Waals surface area (Å²) in [6.07, 6.45) is 4.43. The van der Waals surface area contributed by atoms with Crippen LogP contribution in [0, 0.1) is 0 Å². The topological polar surface area (TPSA) is 62.3 Å². The van der Waals surface area contributed by atoms with Gasteiger partial charge in [0.25, 0.3) is 11.8 Å². The molecule has 1 aliphatic rings. The van der Waals surface area contributed by atoms with Crippen molar-refractivity contribution < 1.29 is 9.59 Å². The fourth-order valence-electron chi connectivity index (χ4n) is 2.93. The summed E-state index contributed by atoms with van der Waals surface area (Å²) in [5.41, 5.74) is 2.62. The van der Waals surface area contributed by atoms with Crippen LogP contribution < -0.4 is 5.32 Å². The van der Waals surface area contributed by atoms with E-state index in [4.69, 9.17) is 0 Å². The van der Waals surface area contributed by atoms with Crippen LogP contribution in [0.5, 0.6) is 0 Å². The van der Waals surface area contributed by atoms with E-state index in [-0.39, 0.29) is 17.5 Å². The van der Waals surface area contributed by atoms with Crippen molar-refractivity contribution in [3.63, 3.8) is 0 Å². The molecule has 1 saturated heterocycles. The molecule has 124 valence electrons. The zero-order chi connectivity index (χ0) is 16.9. The Bertz CT molecular complexity index is 752. The molecule has 0 spiro atoms. The van der Waals surface area contributed by atoms with Gasteiger partial charge in [-0.2, -0.15) is 0 Å². The van der Waals surface area contributed by atoms with Gasteiger partial charge in [0.2, 0.25) is 0 Å². The van der Waals surface area contributed by atoms with Crippen LogP contribution in [0.15, 0.2) is 42.6 Å². The number of pyridine rings is 1. The van der Waals surface area contributed by atoms with Crippen LogP contribution in [0.25, 0.3) is 0 Å². The summed E-state index contributed by atoms with van der Waals surface area (Å²) >= 11 is 0. The van der Waals surface area contributed by atoms with Crippen molar-refractivity contribution in [2.24, 2.45) is 0 Å². The summed E-state index contributed by atoms with van der Waals surface area (Å²) in [5.74, 6) is -0.329. The van der Waals surface area contributed by atoms with E-state index in [0.29, 0.717) is 5.56 Å². The molecule has 2 aromatic rings. The lowest BCUT2D eigenvalue weighted by molar-refractivity contribution is 0.0792. The lowest BCUT2D eigenvalue weighted by Gasteiger charge is -2.15. The monoisotopic (exact) mass is 323 g/mol. The molecular formula is C19H21N3O2. The maximum absolute atomic E-state index is 12.5. The molecule has 0 radical (unpaired) electrons. The fraction of sp³-hybridized carbons (Fsp3) is 0.316. The molecule has 0 bridgehead atoms. The number of amides is 2. The van der Waals surface area contributed by atoms with Gasteiger partial charge in [-0.05, 0) is 43.0 Å². The van der Waals surface area contributed by atoms with Gasteiger partial charge in [-0.3, -0.25) is 14.6 Å². The van der Waals surface area contributed by atoms with Gasteiger partial charge in [0.15, 0.2) is 0 Å². The second-order valence-electron chi connectivity index (χ2n) is 5.89. The number of carbonyl (C=O) groups is 2. The molecular weight excluding hydrogens is 302 g/mol. The standard InChI is InChI=1S/C19H21N3O2/c1-2-14-7-3-4-8-16(14)21-18(23)17-13-15(9-10-20-17)19(24)22-11-5-6-12-22/h3-4,7-10,13H,2,5-6,11-12H2,1H3,(H,21,23). The average Bonchev–Trinajstić information content (AvgIpc) is 3.16. The minimum atomic E-state index is -0.299. The molecule has 1 aliphatic heterocycles. The SMILES string of the molecule is CCc1ccccc1NC(=O)c1cc(C(=O)N2CCCC2)ccn1. The van der Waals surface area contributed by atoms with Gasteiger partial charge in [0.05, 0.1) is 0 Å². The molecule has 1 N–H and O–H groups in total. The molecule has 0 saturated carbocycles. The fourth-order valence-corrected chi connectivity index (χ4v) is 2.93. The summed E-state index contributed by atoms with van der Waals surface area (Å²) < 4.78 is 0. The van der Waals surface area contributed by atoms with E-state index in [0.717, 1.165) is 43.6 Å². The van der Waals surface area contributed by atoms with Gasteiger partial charge >= 0.3 is 0 Å². The van der Waals surface area contributed by atoms with Crippen LogP contribution in [-0.2, 0) is 6.42 Å². The molecule has 0 aliphatic carbocycles. The Morgan fingerprint density at radius 3 is 2.67 bits per heavy atom. The largest absolute Gasteiger partial charge is 0.339 e. The molecule has 1 fully saturated rings. The number of anilines is 1. The average molecular weight is 323 g/mol. The summed E-state index contributed by atoms with van der Waals surface area (Å²) in [5, 5.41) is 2.89. The molecule has 1 aromatic heterocycles. The highest BCUT2D eigenvalue weighted by atomic mass is 16.2. The van der Waals surface area contributed by atoms with Crippen molar-refractivity contribution in [3.8, 4) is 0 Å². The van der Waals surface area contributed by atoms with E-state index in [1.165, 1.54) is 6.20 Å². The molecule has 5 heteroatoms. The lowest BCUT2D eigenvalue weighted by atomic mass is 10.1. The van der Waals surface area contributed by atoms with E-state index in [2.05, 4.69) is 10.3 Å². The second kappa shape index (κ2) is 7.25. The maximum atomic E-state index is 12.5. The van der Waals surface area contributed by atoms with Gasteiger partial charge < -0.3 is 10.2 Å². The van der Waals surface area contributed by atoms with Crippen molar-refractivity contribution in [2.45, 2.75) is 26.2 Å². The number of benzene rings is 1. The number of para-hydroxylation sites is 1. The van der Waals surface area contributed by atoms with Gasteiger partial charge in [-0.15, -0.1) is 0 Å². The molecule has 3 rings (SSSR count). The van der Waals surface area contributed by atoms with Crippen LogP contribution >= 0.6 is 0 Å². The molecule has 2 amide bonds. The minimum absolute atomic E-state index is 0.0297. The third-order valence-electron chi connectivity index (χ3n) is 4.28. The summed E-state index contributed by atoms with van der Waals surface area (Å²) in [4.78, 5) is 30.9. The number of nitrogens with one attached hydrogen (secondary N) is 1. The van der Waals surface area contributed by atoms with Gasteiger partial charge in [0.1, 0.15) is 5.69 Å². The number of likely N-dealkylation sites (tertiary alicyclic amines) is 1. The number of aryl methyl sites for hydroxylation is 1. The number of hydrogen-bond donors (Lipinski definition) is 1. The second-order valence-corrected chi connectivity index (χ2v) is 5.89. The number of carbonyl (C=O) groups excluding carboxylic acids is 2. The smallest absolute Gasteiger partial charge is 0.274 e. The Balaban J connectivity index is 1.78. The van der Waals surface area contributed by atoms with Crippen molar-refractivity contribution in [1.29, 1.82) is 0 Å². The first kappa shape index (κ1) is 16.2. The number of hydrogen-bond acceptors (Lipinski definition) is 3. The van der Waals surface area contributed by atoms with E-state index in [9.17, 15) is 9.59 Å². The predicted octanol–water partition coefficient (Wildman–Crippen LogP) is 3.13. The van der Waals surface area contributed by atoms with Crippen LogP contribution in [0.4, 0.5) is 5.69 Å². The molecule has 24 heavy (non-hydrogen) atoms. The molecule has 5 nitrogen and oxygen atoms in total. The zero-order valence-corrected chi connectivity index (χ0v) is 13.8. The third kappa shape index (κ3) is 3.45. The summed E-state index contributed by atoms with van der Waals surface area (Å²) in [6, 6.07) is 10.9. The quantitative estimate of drug-likeness (QED) is 0.940. The highest BCUT2D eigenvalue weighted by Gasteiger charge is 2.20. The highest BCUT2D eigenvalue weighted by Crippen LogP contribution is 2.17. The third-order valence-corrected chi connectivity index (χ3v) is 4.28. The lowest BCUT2D eigenvalue weighted by Crippen LogP contribution is -2.28. The molecule has 0 atom stereocenters. The van der Waals surface area contributed by atoms with Crippen LogP contribution in [0.3, 0.4) is 0 Å². The molecule has 0 unspecified atom stereocenters. The predicted molar refractivity (Wildman–Crippen MR) is 93.1 cm³/mol.